The van der Waals surface area contributed by atoms with Crippen LogP contribution in [0.3, 0.4) is 0 Å². The Labute approximate surface area is 187 Å². The van der Waals surface area contributed by atoms with Crippen LogP contribution in [0.1, 0.15) is 49.5 Å². The van der Waals surface area contributed by atoms with E-state index in [0.717, 1.165) is 36.9 Å². The van der Waals surface area contributed by atoms with Gasteiger partial charge in [-0.2, -0.15) is 0 Å². The molecule has 0 spiro atoms. The topological polar surface area (TPSA) is 61.4 Å². The molecule has 0 saturated carbocycles. The number of carbonyl (C=O) groups excluding carboxylic acids is 2. The number of nitrogens with zero attached hydrogens (tertiary/aromatic N) is 1. The number of halogens is 1. The molecular weight excluding hydrogens is 442 g/mol. The highest BCUT2D eigenvalue weighted by Gasteiger charge is 2.27. The van der Waals surface area contributed by atoms with Crippen LogP contribution >= 0.6 is 15.9 Å². The molecule has 160 valence electrons. The number of likely N-dealkylation sites (tertiary alicyclic amines) is 1. The number of nitrogens with one attached hydrogen (secondary N) is 2. The summed E-state index contributed by atoms with van der Waals surface area (Å²) in [5, 5.41) is 5.97. The number of rotatable bonds is 5. The fraction of sp³-hybridized carbons (Fsp3) is 0.417. The maximum absolute atomic E-state index is 13.0. The molecular formula is C24H30BrN3O2. The molecule has 5 nitrogen and oxygen atoms in total. The molecule has 6 heteroatoms. The van der Waals surface area contributed by atoms with Crippen molar-refractivity contribution in [3.63, 3.8) is 0 Å². The SMILES string of the molecule is CC(C)(C)NC(=O)c1ccccc1NC(=O)C1CCCN(Cc2ccc(Br)cc2)C1. The minimum Gasteiger partial charge on any atom is -0.347 e. The molecule has 1 aliphatic heterocycles. The van der Waals surface area contributed by atoms with E-state index in [9.17, 15) is 9.59 Å². The highest BCUT2D eigenvalue weighted by Crippen LogP contribution is 2.23. The van der Waals surface area contributed by atoms with Crippen molar-refractivity contribution in [2.75, 3.05) is 18.4 Å². The van der Waals surface area contributed by atoms with E-state index < -0.39 is 0 Å². The number of hydrogen-bond donors (Lipinski definition) is 2. The predicted octanol–water partition coefficient (Wildman–Crippen LogP) is 4.83. The van der Waals surface area contributed by atoms with Crippen molar-refractivity contribution >= 4 is 33.4 Å². The summed E-state index contributed by atoms with van der Waals surface area (Å²) in [7, 11) is 0. The van der Waals surface area contributed by atoms with Crippen LogP contribution in [0.4, 0.5) is 5.69 Å². The second-order valence-corrected chi connectivity index (χ2v) is 9.86. The van der Waals surface area contributed by atoms with Gasteiger partial charge in [0.1, 0.15) is 0 Å². The van der Waals surface area contributed by atoms with Gasteiger partial charge in [0.2, 0.25) is 5.91 Å². The van der Waals surface area contributed by atoms with Gasteiger partial charge in [0.05, 0.1) is 17.2 Å². The summed E-state index contributed by atoms with van der Waals surface area (Å²) in [5.41, 5.74) is 1.95. The molecule has 1 saturated heterocycles. The fourth-order valence-electron chi connectivity index (χ4n) is 3.69. The molecule has 0 aromatic heterocycles. The molecule has 30 heavy (non-hydrogen) atoms. The Hall–Kier alpha value is -2.18. The molecule has 1 fully saturated rings. The summed E-state index contributed by atoms with van der Waals surface area (Å²) in [5.74, 6) is -0.293. The Kier molecular flexibility index (Phi) is 7.32. The summed E-state index contributed by atoms with van der Waals surface area (Å²) < 4.78 is 1.07. The van der Waals surface area contributed by atoms with E-state index in [1.807, 2.05) is 45.0 Å². The molecule has 1 heterocycles. The molecule has 0 aliphatic carbocycles. The van der Waals surface area contributed by atoms with Gasteiger partial charge in [0, 0.05) is 23.1 Å². The van der Waals surface area contributed by atoms with E-state index in [0.29, 0.717) is 11.3 Å². The summed E-state index contributed by atoms with van der Waals surface area (Å²) in [6.07, 6.45) is 1.85. The van der Waals surface area contributed by atoms with Crippen molar-refractivity contribution in [3.8, 4) is 0 Å². The molecule has 0 radical (unpaired) electrons. The van der Waals surface area contributed by atoms with E-state index in [4.69, 9.17) is 0 Å². The zero-order valence-corrected chi connectivity index (χ0v) is 19.5. The van der Waals surface area contributed by atoms with Crippen LogP contribution in [0.15, 0.2) is 53.0 Å². The zero-order valence-electron chi connectivity index (χ0n) is 17.9. The summed E-state index contributed by atoms with van der Waals surface area (Å²) in [6.45, 7) is 8.36. The number of hydrogen-bond acceptors (Lipinski definition) is 3. The highest BCUT2D eigenvalue weighted by atomic mass is 79.9. The molecule has 3 rings (SSSR count). The lowest BCUT2D eigenvalue weighted by atomic mass is 9.96. The van der Waals surface area contributed by atoms with E-state index >= 15 is 0 Å². The Morgan fingerprint density at radius 2 is 1.80 bits per heavy atom. The number of para-hydroxylation sites is 1. The lowest BCUT2D eigenvalue weighted by Crippen LogP contribution is -2.42. The van der Waals surface area contributed by atoms with Crippen molar-refractivity contribution < 1.29 is 9.59 Å². The van der Waals surface area contributed by atoms with Crippen LogP contribution in [-0.2, 0) is 11.3 Å². The first-order valence-corrected chi connectivity index (χ1v) is 11.2. The first-order chi connectivity index (χ1) is 14.2. The van der Waals surface area contributed by atoms with Gasteiger partial charge in [-0.3, -0.25) is 14.5 Å². The zero-order chi connectivity index (χ0) is 21.7. The van der Waals surface area contributed by atoms with Gasteiger partial charge >= 0.3 is 0 Å². The van der Waals surface area contributed by atoms with Crippen LogP contribution in [0.25, 0.3) is 0 Å². The minimum atomic E-state index is -0.342. The van der Waals surface area contributed by atoms with Crippen LogP contribution in [-0.4, -0.2) is 35.3 Å². The van der Waals surface area contributed by atoms with E-state index in [1.54, 1.807) is 12.1 Å². The third-order valence-corrected chi connectivity index (χ3v) is 5.64. The molecule has 1 unspecified atom stereocenters. The van der Waals surface area contributed by atoms with Crippen molar-refractivity contribution in [1.29, 1.82) is 0 Å². The number of piperidine rings is 1. The third kappa shape index (κ3) is 6.41. The first-order valence-electron chi connectivity index (χ1n) is 10.4. The van der Waals surface area contributed by atoms with E-state index in [2.05, 4.69) is 43.6 Å². The van der Waals surface area contributed by atoms with E-state index in [1.165, 1.54) is 5.56 Å². The molecule has 2 aromatic rings. The molecule has 2 N–H and O–H groups in total. The molecule has 2 aromatic carbocycles. The average Bonchev–Trinajstić information content (AvgIpc) is 2.69. The maximum atomic E-state index is 13.0. The predicted molar refractivity (Wildman–Crippen MR) is 124 cm³/mol. The standard InChI is InChI=1S/C24H30BrN3O2/c1-24(2,3)27-23(30)20-8-4-5-9-21(20)26-22(29)18-7-6-14-28(16-18)15-17-10-12-19(25)13-11-17/h4-5,8-13,18H,6-7,14-16H2,1-3H3,(H,26,29)(H,27,30). The molecule has 0 bridgehead atoms. The highest BCUT2D eigenvalue weighted by molar-refractivity contribution is 9.10. The van der Waals surface area contributed by atoms with Crippen molar-refractivity contribution in [2.45, 2.75) is 45.7 Å². The van der Waals surface area contributed by atoms with Gasteiger partial charge in [-0.05, 0) is 70.0 Å². The Morgan fingerprint density at radius 3 is 2.50 bits per heavy atom. The summed E-state index contributed by atoms with van der Waals surface area (Å²) in [4.78, 5) is 28.0. The molecule has 1 atom stereocenters. The number of benzene rings is 2. The van der Waals surface area contributed by atoms with Crippen LogP contribution in [0.2, 0.25) is 0 Å². The Bertz CT molecular complexity index is 890. The second kappa shape index (κ2) is 9.75. The lowest BCUT2D eigenvalue weighted by molar-refractivity contribution is -0.121. The van der Waals surface area contributed by atoms with Gasteiger partial charge in [0.15, 0.2) is 0 Å². The van der Waals surface area contributed by atoms with Gasteiger partial charge in [-0.1, -0.05) is 40.2 Å². The summed E-state index contributed by atoms with van der Waals surface area (Å²) >= 11 is 3.47. The number of anilines is 1. The number of carbonyl (C=O) groups is 2. The van der Waals surface area contributed by atoms with Gasteiger partial charge < -0.3 is 10.6 Å². The lowest BCUT2D eigenvalue weighted by Gasteiger charge is -2.32. The van der Waals surface area contributed by atoms with Crippen LogP contribution in [0, 0.1) is 5.92 Å². The first kappa shape index (κ1) is 22.5. The van der Waals surface area contributed by atoms with Gasteiger partial charge in [-0.15, -0.1) is 0 Å². The number of amides is 2. The van der Waals surface area contributed by atoms with Gasteiger partial charge in [0.25, 0.3) is 5.91 Å². The normalized spacial score (nSPS) is 17.4. The Balaban J connectivity index is 1.64. The van der Waals surface area contributed by atoms with Crippen LogP contribution < -0.4 is 10.6 Å². The van der Waals surface area contributed by atoms with E-state index in [-0.39, 0.29) is 23.3 Å². The van der Waals surface area contributed by atoms with Crippen molar-refractivity contribution in [1.82, 2.24) is 10.2 Å². The largest absolute Gasteiger partial charge is 0.347 e. The monoisotopic (exact) mass is 471 g/mol. The van der Waals surface area contributed by atoms with Crippen molar-refractivity contribution in [3.05, 3.63) is 64.1 Å². The quantitative estimate of drug-likeness (QED) is 0.656. The molecule has 2 amide bonds. The van der Waals surface area contributed by atoms with Crippen LogP contribution in [0.5, 0.6) is 0 Å². The summed E-state index contributed by atoms with van der Waals surface area (Å²) in [6, 6.07) is 15.5. The van der Waals surface area contributed by atoms with Crippen molar-refractivity contribution in [2.24, 2.45) is 5.92 Å². The average molecular weight is 472 g/mol. The second-order valence-electron chi connectivity index (χ2n) is 8.94. The molecule has 1 aliphatic rings. The maximum Gasteiger partial charge on any atom is 0.253 e. The minimum absolute atomic E-state index is 0.0217. The third-order valence-electron chi connectivity index (χ3n) is 5.11. The Morgan fingerprint density at radius 1 is 1.10 bits per heavy atom. The fourth-order valence-corrected chi connectivity index (χ4v) is 3.96. The van der Waals surface area contributed by atoms with Gasteiger partial charge in [-0.25, -0.2) is 0 Å². The smallest absolute Gasteiger partial charge is 0.253 e.